The van der Waals surface area contributed by atoms with Gasteiger partial charge in [0, 0.05) is 24.5 Å². The van der Waals surface area contributed by atoms with Crippen LogP contribution in [0.25, 0.3) is 0 Å². The largest absolute Gasteiger partial charge is 0.388 e. The van der Waals surface area contributed by atoms with Gasteiger partial charge in [0.25, 0.3) is 0 Å². The molecule has 0 saturated heterocycles. The Kier molecular flexibility index (Phi) is 5.41. The Bertz CT molecular complexity index is 283. The van der Waals surface area contributed by atoms with E-state index in [2.05, 4.69) is 22.8 Å². The highest BCUT2D eigenvalue weighted by Gasteiger charge is 2.20. The van der Waals surface area contributed by atoms with E-state index in [4.69, 9.17) is 0 Å². The Labute approximate surface area is 102 Å². The molecule has 16 heavy (non-hydrogen) atoms. The third kappa shape index (κ3) is 5.61. The quantitative estimate of drug-likeness (QED) is 0.705. The maximum Gasteiger partial charge on any atom is 0.0869 e. The third-order valence-electron chi connectivity index (χ3n) is 2.29. The van der Waals surface area contributed by atoms with E-state index in [1.54, 1.807) is 11.3 Å². The summed E-state index contributed by atoms with van der Waals surface area (Å²) >= 11 is 1.78. The number of nitrogens with zero attached hydrogens (tertiary/aromatic N) is 1. The second-order valence-corrected chi connectivity index (χ2v) is 5.77. The standard InChI is InChI=1S/C12H22N2OS/c1-12(15,10-14(2)3)9-13-7-6-11-5-4-8-16-11/h4-5,8,13,15H,6-7,9-10H2,1-3H3. The van der Waals surface area contributed by atoms with Gasteiger partial charge in [0.05, 0.1) is 5.60 Å². The molecule has 0 radical (unpaired) electrons. The zero-order valence-corrected chi connectivity index (χ0v) is 11.2. The predicted octanol–water partition coefficient (Wildman–Crippen LogP) is 1.19. The number of likely N-dealkylation sites (N-methyl/N-ethyl adjacent to an activating group) is 1. The van der Waals surface area contributed by atoms with Crippen LogP contribution in [0.1, 0.15) is 11.8 Å². The van der Waals surface area contributed by atoms with Crippen molar-refractivity contribution in [2.45, 2.75) is 18.9 Å². The summed E-state index contributed by atoms with van der Waals surface area (Å²) in [5, 5.41) is 15.4. The lowest BCUT2D eigenvalue weighted by molar-refractivity contribution is 0.0341. The Morgan fingerprint density at radius 2 is 2.25 bits per heavy atom. The van der Waals surface area contributed by atoms with Gasteiger partial charge in [-0.15, -0.1) is 11.3 Å². The molecule has 0 saturated carbocycles. The van der Waals surface area contributed by atoms with Crippen LogP contribution in [0.5, 0.6) is 0 Å². The molecule has 0 aliphatic carbocycles. The SMILES string of the molecule is CN(C)CC(C)(O)CNCCc1cccs1. The Morgan fingerprint density at radius 1 is 1.50 bits per heavy atom. The maximum atomic E-state index is 10.0. The van der Waals surface area contributed by atoms with Crippen molar-refractivity contribution in [3.05, 3.63) is 22.4 Å². The molecular weight excluding hydrogens is 220 g/mol. The molecule has 0 aliphatic heterocycles. The Balaban J connectivity index is 2.15. The molecule has 1 rings (SSSR count). The van der Waals surface area contributed by atoms with E-state index in [0.29, 0.717) is 13.1 Å². The normalized spacial score (nSPS) is 15.3. The summed E-state index contributed by atoms with van der Waals surface area (Å²) in [6.07, 6.45) is 1.04. The van der Waals surface area contributed by atoms with Gasteiger partial charge in [-0.3, -0.25) is 0 Å². The van der Waals surface area contributed by atoms with Crippen molar-refractivity contribution in [1.29, 1.82) is 0 Å². The minimum absolute atomic E-state index is 0.635. The summed E-state index contributed by atoms with van der Waals surface area (Å²) in [7, 11) is 3.94. The highest BCUT2D eigenvalue weighted by molar-refractivity contribution is 7.09. The van der Waals surface area contributed by atoms with Crippen LogP contribution in [-0.4, -0.2) is 49.3 Å². The van der Waals surface area contributed by atoms with E-state index in [0.717, 1.165) is 13.0 Å². The fourth-order valence-corrected chi connectivity index (χ4v) is 2.47. The highest BCUT2D eigenvalue weighted by atomic mass is 32.1. The second kappa shape index (κ2) is 6.35. The molecule has 0 amide bonds. The van der Waals surface area contributed by atoms with E-state index in [-0.39, 0.29) is 0 Å². The van der Waals surface area contributed by atoms with Crippen molar-refractivity contribution < 1.29 is 5.11 Å². The van der Waals surface area contributed by atoms with E-state index in [1.807, 2.05) is 25.9 Å². The molecule has 92 valence electrons. The van der Waals surface area contributed by atoms with Gasteiger partial charge < -0.3 is 15.3 Å². The van der Waals surface area contributed by atoms with Gasteiger partial charge in [0.15, 0.2) is 0 Å². The molecule has 0 aliphatic rings. The molecule has 0 bridgehead atoms. The molecule has 3 nitrogen and oxygen atoms in total. The van der Waals surface area contributed by atoms with Crippen LogP contribution in [0.3, 0.4) is 0 Å². The number of thiophene rings is 1. The average molecular weight is 242 g/mol. The van der Waals surface area contributed by atoms with Gasteiger partial charge in [0.1, 0.15) is 0 Å². The van der Waals surface area contributed by atoms with Crippen LogP contribution in [0.15, 0.2) is 17.5 Å². The fraction of sp³-hybridized carbons (Fsp3) is 0.667. The van der Waals surface area contributed by atoms with Crippen LogP contribution in [0, 0.1) is 0 Å². The first kappa shape index (κ1) is 13.6. The number of aliphatic hydroxyl groups is 1. The van der Waals surface area contributed by atoms with Gasteiger partial charge >= 0.3 is 0 Å². The molecule has 0 spiro atoms. The maximum absolute atomic E-state index is 10.0. The summed E-state index contributed by atoms with van der Waals surface area (Å²) in [5.41, 5.74) is -0.654. The van der Waals surface area contributed by atoms with Gasteiger partial charge in [0.2, 0.25) is 0 Å². The fourth-order valence-electron chi connectivity index (χ4n) is 1.76. The molecule has 1 atom stereocenters. The van der Waals surface area contributed by atoms with E-state index in [9.17, 15) is 5.11 Å². The number of nitrogens with one attached hydrogen (secondary N) is 1. The second-order valence-electron chi connectivity index (χ2n) is 4.74. The van der Waals surface area contributed by atoms with Crippen LogP contribution in [-0.2, 0) is 6.42 Å². The number of hydrogen-bond donors (Lipinski definition) is 2. The van der Waals surface area contributed by atoms with Crippen molar-refractivity contribution >= 4 is 11.3 Å². The summed E-state index contributed by atoms with van der Waals surface area (Å²) in [5.74, 6) is 0. The summed E-state index contributed by atoms with van der Waals surface area (Å²) in [6, 6.07) is 4.21. The monoisotopic (exact) mass is 242 g/mol. The van der Waals surface area contributed by atoms with Gasteiger partial charge in [-0.25, -0.2) is 0 Å². The zero-order valence-electron chi connectivity index (χ0n) is 10.4. The van der Waals surface area contributed by atoms with Crippen LogP contribution in [0.4, 0.5) is 0 Å². The summed E-state index contributed by atoms with van der Waals surface area (Å²) in [4.78, 5) is 3.39. The Hall–Kier alpha value is -0.420. The molecule has 1 unspecified atom stereocenters. The molecule has 1 aromatic rings. The van der Waals surface area contributed by atoms with Crippen LogP contribution >= 0.6 is 11.3 Å². The number of rotatable bonds is 7. The van der Waals surface area contributed by atoms with E-state index < -0.39 is 5.60 Å². The summed E-state index contributed by atoms with van der Waals surface area (Å²) in [6.45, 7) is 4.10. The molecule has 0 fully saturated rings. The van der Waals surface area contributed by atoms with Crippen molar-refractivity contribution in [1.82, 2.24) is 10.2 Å². The first-order valence-electron chi connectivity index (χ1n) is 5.60. The lowest BCUT2D eigenvalue weighted by Gasteiger charge is -2.27. The van der Waals surface area contributed by atoms with Crippen molar-refractivity contribution in [3.63, 3.8) is 0 Å². The molecule has 1 aromatic heterocycles. The van der Waals surface area contributed by atoms with Gasteiger partial charge in [-0.2, -0.15) is 0 Å². The Morgan fingerprint density at radius 3 is 2.81 bits per heavy atom. The topological polar surface area (TPSA) is 35.5 Å². The zero-order chi connectivity index (χ0) is 12.0. The van der Waals surface area contributed by atoms with Crippen molar-refractivity contribution in [3.8, 4) is 0 Å². The van der Waals surface area contributed by atoms with Gasteiger partial charge in [-0.05, 0) is 38.9 Å². The molecule has 2 N–H and O–H groups in total. The first-order chi connectivity index (χ1) is 7.49. The molecule has 4 heteroatoms. The van der Waals surface area contributed by atoms with Crippen LogP contribution < -0.4 is 5.32 Å². The summed E-state index contributed by atoms with van der Waals surface area (Å²) < 4.78 is 0. The average Bonchev–Trinajstić information content (AvgIpc) is 2.62. The number of hydrogen-bond acceptors (Lipinski definition) is 4. The highest BCUT2D eigenvalue weighted by Crippen LogP contribution is 2.08. The van der Waals surface area contributed by atoms with E-state index in [1.165, 1.54) is 4.88 Å². The van der Waals surface area contributed by atoms with Crippen LogP contribution in [0.2, 0.25) is 0 Å². The first-order valence-corrected chi connectivity index (χ1v) is 6.48. The molecule has 1 heterocycles. The molecule has 0 aromatic carbocycles. The van der Waals surface area contributed by atoms with Crippen molar-refractivity contribution in [2.24, 2.45) is 0 Å². The minimum atomic E-state index is -0.654. The predicted molar refractivity (Wildman–Crippen MR) is 70.1 cm³/mol. The smallest absolute Gasteiger partial charge is 0.0869 e. The van der Waals surface area contributed by atoms with E-state index >= 15 is 0 Å². The molecular formula is C12H22N2OS. The lowest BCUT2D eigenvalue weighted by Crippen LogP contribution is -2.45. The van der Waals surface area contributed by atoms with Crippen molar-refractivity contribution in [2.75, 3.05) is 33.7 Å². The minimum Gasteiger partial charge on any atom is -0.388 e. The lowest BCUT2D eigenvalue weighted by atomic mass is 10.1. The van der Waals surface area contributed by atoms with Gasteiger partial charge in [-0.1, -0.05) is 6.07 Å². The third-order valence-corrected chi connectivity index (χ3v) is 3.23.